The molecule has 1 aliphatic heterocycles. The molecule has 0 N–H and O–H groups in total. The Balaban J connectivity index is 1.45. The maximum atomic E-state index is 12.7. The van der Waals surface area contributed by atoms with Crippen molar-refractivity contribution in [2.75, 3.05) is 26.2 Å². The van der Waals surface area contributed by atoms with E-state index >= 15 is 0 Å². The Morgan fingerprint density at radius 3 is 2.31 bits per heavy atom. The molecule has 150 valence electrons. The topological polar surface area (TPSA) is 92.6 Å². The van der Waals surface area contributed by atoms with Gasteiger partial charge in [-0.25, -0.2) is 8.42 Å². The monoisotopic (exact) mass is 412 g/mol. The van der Waals surface area contributed by atoms with Crippen LogP contribution in [0.25, 0.3) is 10.9 Å². The summed E-state index contributed by atoms with van der Waals surface area (Å²) in [6.07, 6.45) is 1.21. The number of benzene rings is 2. The Labute approximate surface area is 168 Å². The summed E-state index contributed by atoms with van der Waals surface area (Å²) in [5, 5.41) is 4.59. The fraction of sp³-hybridized carbons (Fsp3) is 0.250. The summed E-state index contributed by atoms with van der Waals surface area (Å²) in [4.78, 5) is 26.6. The molecule has 1 fully saturated rings. The number of hydrogen-bond donors (Lipinski definition) is 0. The zero-order chi connectivity index (χ0) is 20.4. The summed E-state index contributed by atoms with van der Waals surface area (Å²) >= 11 is 0. The minimum absolute atomic E-state index is 0.00771. The second-order valence-corrected chi connectivity index (χ2v) is 8.72. The molecule has 2 heterocycles. The van der Waals surface area contributed by atoms with Gasteiger partial charge in [0.05, 0.1) is 16.6 Å². The van der Waals surface area contributed by atoms with Gasteiger partial charge in [0.2, 0.25) is 21.4 Å². The fourth-order valence-electron chi connectivity index (χ4n) is 3.43. The average Bonchev–Trinajstić information content (AvgIpc) is 2.76. The quantitative estimate of drug-likeness (QED) is 0.636. The van der Waals surface area contributed by atoms with Gasteiger partial charge in [-0.1, -0.05) is 30.3 Å². The third kappa shape index (κ3) is 3.79. The molecule has 0 unspecified atom stereocenters. The first-order valence-electron chi connectivity index (χ1n) is 9.25. The van der Waals surface area contributed by atoms with Gasteiger partial charge in [0, 0.05) is 31.6 Å². The van der Waals surface area contributed by atoms with E-state index in [-0.39, 0.29) is 35.9 Å². The van der Waals surface area contributed by atoms with Crippen LogP contribution >= 0.6 is 0 Å². The number of aromatic nitrogens is 2. The SMILES string of the molecule is O=C(Cn1ncc(=O)c2ccccc21)N1CCN(S(=O)(=O)c2ccccc2)CC1. The van der Waals surface area contributed by atoms with E-state index in [0.29, 0.717) is 24.0 Å². The number of hydrogen-bond acceptors (Lipinski definition) is 5. The molecule has 29 heavy (non-hydrogen) atoms. The maximum Gasteiger partial charge on any atom is 0.244 e. The van der Waals surface area contributed by atoms with E-state index in [4.69, 9.17) is 0 Å². The lowest BCUT2D eigenvalue weighted by Crippen LogP contribution is -2.51. The molecule has 0 radical (unpaired) electrons. The molecule has 0 atom stereocenters. The fourth-order valence-corrected chi connectivity index (χ4v) is 4.88. The third-order valence-electron chi connectivity index (χ3n) is 5.02. The number of para-hydroxylation sites is 1. The molecular weight excluding hydrogens is 392 g/mol. The Hall–Kier alpha value is -3.04. The van der Waals surface area contributed by atoms with Crippen LogP contribution in [-0.4, -0.2) is 59.5 Å². The van der Waals surface area contributed by atoms with Crippen LogP contribution in [0.15, 0.2) is 70.5 Å². The van der Waals surface area contributed by atoms with E-state index < -0.39 is 10.0 Å². The number of rotatable bonds is 4. The molecule has 3 aromatic rings. The van der Waals surface area contributed by atoms with Gasteiger partial charge in [-0.2, -0.15) is 9.40 Å². The minimum Gasteiger partial charge on any atom is -0.338 e. The molecule has 1 amide bonds. The van der Waals surface area contributed by atoms with Crippen molar-refractivity contribution in [1.82, 2.24) is 19.0 Å². The van der Waals surface area contributed by atoms with Gasteiger partial charge in [-0.15, -0.1) is 0 Å². The van der Waals surface area contributed by atoms with Crippen molar-refractivity contribution in [3.05, 3.63) is 71.0 Å². The van der Waals surface area contributed by atoms with Crippen LogP contribution in [0.5, 0.6) is 0 Å². The lowest BCUT2D eigenvalue weighted by atomic mass is 10.2. The predicted octanol–water partition coefficient (Wildman–Crippen LogP) is 0.930. The molecule has 1 aliphatic rings. The molecule has 0 saturated carbocycles. The molecule has 9 heteroatoms. The molecule has 0 aliphatic carbocycles. The number of carbonyl (C=O) groups excluding carboxylic acids is 1. The van der Waals surface area contributed by atoms with Crippen LogP contribution in [0.1, 0.15) is 0 Å². The van der Waals surface area contributed by atoms with Gasteiger partial charge in [0.1, 0.15) is 6.54 Å². The Bertz CT molecular complexity index is 1200. The van der Waals surface area contributed by atoms with Crippen molar-refractivity contribution in [2.24, 2.45) is 0 Å². The van der Waals surface area contributed by atoms with E-state index in [1.54, 1.807) is 59.5 Å². The highest BCUT2D eigenvalue weighted by atomic mass is 32.2. The van der Waals surface area contributed by atoms with Gasteiger partial charge >= 0.3 is 0 Å². The summed E-state index contributed by atoms with van der Waals surface area (Å²) < 4.78 is 28.3. The molecule has 8 nitrogen and oxygen atoms in total. The van der Waals surface area contributed by atoms with Gasteiger partial charge in [0.25, 0.3) is 0 Å². The standard InChI is InChI=1S/C20H20N4O4S/c25-19-14-21-24(18-9-5-4-8-17(18)19)15-20(26)22-10-12-23(13-11-22)29(27,28)16-6-2-1-3-7-16/h1-9,14H,10-13,15H2. The highest BCUT2D eigenvalue weighted by Crippen LogP contribution is 2.17. The second kappa shape index (κ2) is 7.76. The molecule has 2 aromatic carbocycles. The molecule has 0 bridgehead atoms. The molecule has 4 rings (SSSR count). The summed E-state index contributed by atoms with van der Waals surface area (Å²) in [5.74, 6) is -0.164. The Kier molecular flexibility index (Phi) is 5.16. The molecular formula is C20H20N4O4S. The number of piperazine rings is 1. The van der Waals surface area contributed by atoms with E-state index in [0.717, 1.165) is 0 Å². The van der Waals surface area contributed by atoms with E-state index in [1.165, 1.54) is 15.2 Å². The normalized spacial score (nSPS) is 15.5. The first-order chi connectivity index (χ1) is 14.0. The maximum absolute atomic E-state index is 12.7. The first-order valence-corrected chi connectivity index (χ1v) is 10.7. The van der Waals surface area contributed by atoms with E-state index in [9.17, 15) is 18.0 Å². The van der Waals surface area contributed by atoms with Crippen molar-refractivity contribution >= 4 is 26.8 Å². The largest absolute Gasteiger partial charge is 0.338 e. The summed E-state index contributed by atoms with van der Waals surface area (Å²) in [7, 11) is -3.56. The molecule has 0 spiro atoms. The van der Waals surface area contributed by atoms with E-state index in [1.807, 2.05) is 0 Å². The van der Waals surface area contributed by atoms with Gasteiger partial charge in [0.15, 0.2) is 0 Å². The van der Waals surface area contributed by atoms with Crippen molar-refractivity contribution in [3.63, 3.8) is 0 Å². The van der Waals surface area contributed by atoms with Crippen molar-refractivity contribution in [1.29, 1.82) is 0 Å². The van der Waals surface area contributed by atoms with Crippen LogP contribution in [0.2, 0.25) is 0 Å². The summed E-state index contributed by atoms with van der Waals surface area (Å²) in [5.41, 5.74) is 0.405. The predicted molar refractivity (Wildman–Crippen MR) is 108 cm³/mol. The number of amides is 1. The molecule has 1 aromatic heterocycles. The number of carbonyl (C=O) groups is 1. The lowest BCUT2D eigenvalue weighted by molar-refractivity contribution is -0.133. The zero-order valence-electron chi connectivity index (χ0n) is 15.6. The number of sulfonamides is 1. The van der Waals surface area contributed by atoms with Crippen LogP contribution in [0.4, 0.5) is 0 Å². The first kappa shape index (κ1) is 19.3. The van der Waals surface area contributed by atoms with E-state index in [2.05, 4.69) is 5.10 Å². The summed E-state index contributed by atoms with van der Waals surface area (Å²) in [6.45, 7) is 1.08. The van der Waals surface area contributed by atoms with Crippen molar-refractivity contribution in [3.8, 4) is 0 Å². The van der Waals surface area contributed by atoms with Gasteiger partial charge in [-0.05, 0) is 24.3 Å². The Morgan fingerprint density at radius 1 is 0.931 bits per heavy atom. The van der Waals surface area contributed by atoms with Crippen LogP contribution < -0.4 is 5.43 Å². The Morgan fingerprint density at radius 2 is 1.59 bits per heavy atom. The van der Waals surface area contributed by atoms with Crippen molar-refractivity contribution in [2.45, 2.75) is 11.4 Å². The van der Waals surface area contributed by atoms with Crippen LogP contribution in [0, 0.1) is 0 Å². The zero-order valence-corrected chi connectivity index (χ0v) is 16.5. The second-order valence-electron chi connectivity index (χ2n) is 6.78. The minimum atomic E-state index is -3.56. The van der Waals surface area contributed by atoms with Crippen LogP contribution in [0.3, 0.4) is 0 Å². The average molecular weight is 412 g/mol. The summed E-state index contributed by atoms with van der Waals surface area (Å²) in [6, 6.07) is 15.3. The number of fused-ring (bicyclic) bond motifs is 1. The highest BCUT2D eigenvalue weighted by molar-refractivity contribution is 7.89. The highest BCUT2D eigenvalue weighted by Gasteiger charge is 2.30. The van der Waals surface area contributed by atoms with Crippen molar-refractivity contribution < 1.29 is 13.2 Å². The molecule has 1 saturated heterocycles. The van der Waals surface area contributed by atoms with Gasteiger partial charge in [-0.3, -0.25) is 14.3 Å². The van der Waals surface area contributed by atoms with Gasteiger partial charge < -0.3 is 4.90 Å². The number of nitrogens with zero attached hydrogens (tertiary/aromatic N) is 4. The van der Waals surface area contributed by atoms with Crippen LogP contribution in [-0.2, 0) is 21.4 Å². The smallest absolute Gasteiger partial charge is 0.244 e. The lowest BCUT2D eigenvalue weighted by Gasteiger charge is -2.34. The third-order valence-corrected chi connectivity index (χ3v) is 6.93.